The number of hydrogen-bond donors (Lipinski definition) is 0. The van der Waals surface area contributed by atoms with Crippen LogP contribution in [0.15, 0.2) is 36.4 Å². The molecule has 0 spiro atoms. The maximum Gasteiger partial charge on any atom is 0.308 e. The Morgan fingerprint density at radius 2 is 1.00 bits per heavy atom. The lowest BCUT2D eigenvalue weighted by molar-refractivity contribution is -0.145. The summed E-state index contributed by atoms with van der Waals surface area (Å²) in [5.74, 6) is -0.339. The Hall–Kier alpha value is -3.76. The van der Waals surface area contributed by atoms with E-state index in [1.165, 1.54) is 36.9 Å². The van der Waals surface area contributed by atoms with Crippen LogP contribution in [0, 0.1) is 11.8 Å². The second-order valence-electron chi connectivity index (χ2n) is 10.9. The molecule has 10 heteroatoms. The highest BCUT2D eigenvalue weighted by Gasteiger charge is 2.22. The summed E-state index contributed by atoms with van der Waals surface area (Å²) < 4.78 is 22.8. The van der Waals surface area contributed by atoms with Crippen molar-refractivity contribution in [3.8, 4) is 11.5 Å². The predicted molar refractivity (Wildman–Crippen MR) is 174 cm³/mol. The van der Waals surface area contributed by atoms with Crippen LogP contribution in [0.5, 0.6) is 11.5 Å². The van der Waals surface area contributed by atoms with Gasteiger partial charge in [-0.05, 0) is 84.0 Å². The molecule has 2 aromatic carbocycles. The Labute approximate surface area is 265 Å². The highest BCUT2D eigenvalue weighted by atomic mass is 32.1. The number of carbonyl (C=O) groups excluding carboxylic acids is 4. The number of aryl methyl sites for hydroxylation is 2. The van der Waals surface area contributed by atoms with E-state index < -0.39 is 23.8 Å². The van der Waals surface area contributed by atoms with Gasteiger partial charge in [-0.2, -0.15) is 0 Å². The number of esters is 2. The van der Waals surface area contributed by atoms with Crippen LogP contribution < -0.4 is 9.47 Å². The summed E-state index contributed by atoms with van der Waals surface area (Å²) in [6.07, 6.45) is 3.64. The van der Waals surface area contributed by atoms with Crippen molar-refractivity contribution in [1.29, 1.82) is 0 Å². The Morgan fingerprint density at radius 1 is 0.614 bits per heavy atom. The number of hydrogen-bond acceptors (Lipinski definition) is 10. The Kier molecular flexibility index (Phi) is 11.2. The number of methoxy groups -OCH3 is 4. The molecule has 0 unspecified atom stereocenters. The van der Waals surface area contributed by atoms with E-state index >= 15 is 0 Å². The van der Waals surface area contributed by atoms with Crippen LogP contribution in [0.2, 0.25) is 0 Å². The minimum atomic E-state index is -0.492. The monoisotopic (exact) mass is 638 g/mol. The van der Waals surface area contributed by atoms with Gasteiger partial charge >= 0.3 is 11.9 Å². The number of rotatable bonds is 15. The number of ether oxygens (including phenoxy) is 4. The Balaban J connectivity index is 1.42. The van der Waals surface area contributed by atoms with Gasteiger partial charge in [-0.1, -0.05) is 13.8 Å². The lowest BCUT2D eigenvalue weighted by atomic mass is 10.00. The summed E-state index contributed by atoms with van der Waals surface area (Å²) in [6.45, 7) is 3.39. The standard InChI is InChI=1S/C34H38O8S2/c1-19(33(37)41-5)11-25(35)31-15-23-13-21(27(39-3)17-29(23)43-31)9-7-8-10-22-14-24-16-32(44-30(24)18-28(22)40-4)26(36)12-20(2)34(38)42-6/h13-20H,7-12H2,1-6H3/t19-,20-/m0/s1. The van der Waals surface area contributed by atoms with Crippen molar-refractivity contribution in [3.63, 3.8) is 0 Å². The molecule has 0 aliphatic heterocycles. The average molecular weight is 639 g/mol. The first-order valence-electron chi connectivity index (χ1n) is 14.5. The third-order valence-electron chi connectivity index (χ3n) is 7.72. The zero-order valence-corrected chi connectivity index (χ0v) is 27.6. The second kappa shape index (κ2) is 14.8. The zero-order valence-electron chi connectivity index (χ0n) is 25.9. The molecule has 2 atom stereocenters. The SMILES string of the molecule is COC(=O)[C@@H](C)CC(=O)c1cc2cc(CCCCc3cc4cc(C(=O)C[C@H](C)C(=O)OC)sc4cc3OC)c(OC)cc2s1. The molecule has 0 saturated carbocycles. The molecular weight excluding hydrogens is 601 g/mol. The van der Waals surface area contributed by atoms with Crippen molar-refractivity contribution in [2.24, 2.45) is 11.8 Å². The summed E-state index contributed by atoms with van der Waals surface area (Å²) in [6, 6.07) is 11.9. The molecule has 0 radical (unpaired) electrons. The summed E-state index contributed by atoms with van der Waals surface area (Å²) >= 11 is 2.81. The number of thiophene rings is 2. The van der Waals surface area contributed by atoms with Crippen molar-refractivity contribution in [2.45, 2.75) is 52.4 Å². The minimum Gasteiger partial charge on any atom is -0.496 e. The van der Waals surface area contributed by atoms with Crippen molar-refractivity contribution < 1.29 is 38.1 Å². The van der Waals surface area contributed by atoms with E-state index in [0.29, 0.717) is 9.75 Å². The van der Waals surface area contributed by atoms with E-state index in [4.69, 9.17) is 18.9 Å². The fourth-order valence-corrected chi connectivity index (χ4v) is 7.28. The van der Waals surface area contributed by atoms with E-state index in [0.717, 1.165) is 68.5 Å². The molecule has 0 aliphatic rings. The van der Waals surface area contributed by atoms with E-state index in [1.807, 2.05) is 24.3 Å². The quantitative estimate of drug-likeness (QED) is 0.0751. The molecule has 2 heterocycles. The predicted octanol–water partition coefficient (Wildman–Crippen LogP) is 7.46. The molecule has 8 nitrogen and oxygen atoms in total. The highest BCUT2D eigenvalue weighted by Crippen LogP contribution is 2.36. The molecule has 0 fully saturated rings. The average Bonchev–Trinajstić information content (AvgIpc) is 3.64. The van der Waals surface area contributed by atoms with Gasteiger partial charge in [0.15, 0.2) is 11.6 Å². The summed E-state index contributed by atoms with van der Waals surface area (Å²) in [4.78, 5) is 50.4. The smallest absolute Gasteiger partial charge is 0.308 e. The van der Waals surface area contributed by atoms with Gasteiger partial charge in [-0.15, -0.1) is 22.7 Å². The number of ketones is 2. The third-order valence-corrected chi connectivity index (χ3v) is 10.00. The largest absolute Gasteiger partial charge is 0.496 e. The number of Topliss-reactive ketones (excluding diaryl/α,β-unsaturated/α-hetero) is 2. The van der Waals surface area contributed by atoms with Gasteiger partial charge in [0.25, 0.3) is 0 Å². The maximum absolute atomic E-state index is 12.8. The molecule has 0 aliphatic carbocycles. The molecule has 44 heavy (non-hydrogen) atoms. The zero-order chi connectivity index (χ0) is 32.0. The van der Waals surface area contributed by atoms with Crippen LogP contribution >= 0.6 is 22.7 Å². The van der Waals surface area contributed by atoms with Gasteiger partial charge in [-0.3, -0.25) is 19.2 Å². The summed E-state index contributed by atoms with van der Waals surface area (Å²) in [5.41, 5.74) is 2.15. The molecule has 4 aromatic rings. The Morgan fingerprint density at radius 3 is 1.34 bits per heavy atom. The van der Waals surface area contributed by atoms with Crippen LogP contribution in [0.1, 0.15) is 70.0 Å². The fourth-order valence-electron chi connectivity index (χ4n) is 5.23. The first-order chi connectivity index (χ1) is 21.1. The third kappa shape index (κ3) is 7.65. The lowest BCUT2D eigenvalue weighted by Crippen LogP contribution is -2.16. The van der Waals surface area contributed by atoms with E-state index in [9.17, 15) is 19.2 Å². The maximum atomic E-state index is 12.8. The first-order valence-corrected chi connectivity index (χ1v) is 16.1. The van der Waals surface area contributed by atoms with Crippen LogP contribution in [-0.4, -0.2) is 51.9 Å². The number of benzene rings is 2. The van der Waals surface area contributed by atoms with Crippen LogP contribution in [0.25, 0.3) is 20.2 Å². The van der Waals surface area contributed by atoms with Crippen LogP contribution in [-0.2, 0) is 31.9 Å². The summed E-state index contributed by atoms with van der Waals surface area (Å²) in [5, 5.41) is 1.96. The van der Waals surface area contributed by atoms with E-state index in [1.54, 1.807) is 28.1 Å². The molecular formula is C34H38O8S2. The van der Waals surface area contributed by atoms with Gasteiger partial charge in [0.05, 0.1) is 50.0 Å². The second-order valence-corrected chi connectivity index (χ2v) is 13.1. The number of unbranched alkanes of at least 4 members (excludes halogenated alkanes) is 1. The van der Waals surface area contributed by atoms with Crippen molar-refractivity contribution in [3.05, 3.63) is 57.3 Å². The molecule has 234 valence electrons. The molecule has 0 bridgehead atoms. The van der Waals surface area contributed by atoms with Crippen molar-refractivity contribution in [1.82, 2.24) is 0 Å². The highest BCUT2D eigenvalue weighted by molar-refractivity contribution is 7.21. The van der Waals surface area contributed by atoms with Crippen LogP contribution in [0.4, 0.5) is 0 Å². The van der Waals surface area contributed by atoms with Crippen molar-refractivity contribution >= 4 is 66.4 Å². The van der Waals surface area contributed by atoms with Crippen molar-refractivity contribution in [2.75, 3.05) is 28.4 Å². The van der Waals surface area contributed by atoms with E-state index in [-0.39, 0.29) is 24.4 Å². The van der Waals surface area contributed by atoms with Crippen LogP contribution in [0.3, 0.4) is 0 Å². The molecule has 2 aromatic heterocycles. The normalized spacial score (nSPS) is 12.6. The summed E-state index contributed by atoms with van der Waals surface area (Å²) in [7, 11) is 5.95. The minimum absolute atomic E-state index is 0.0756. The number of fused-ring (bicyclic) bond motifs is 2. The van der Waals surface area contributed by atoms with Gasteiger partial charge < -0.3 is 18.9 Å². The molecule has 0 N–H and O–H groups in total. The molecule has 0 amide bonds. The van der Waals surface area contributed by atoms with Gasteiger partial charge in [0.2, 0.25) is 0 Å². The lowest BCUT2D eigenvalue weighted by Gasteiger charge is -2.11. The topological polar surface area (TPSA) is 105 Å². The Bertz CT molecular complexity index is 1560. The first kappa shape index (κ1) is 33.1. The van der Waals surface area contributed by atoms with Gasteiger partial charge in [0, 0.05) is 22.2 Å². The van der Waals surface area contributed by atoms with Gasteiger partial charge in [0.1, 0.15) is 11.5 Å². The fraction of sp³-hybridized carbons (Fsp3) is 0.412. The number of carbonyl (C=O) groups is 4. The van der Waals surface area contributed by atoms with E-state index in [2.05, 4.69) is 12.1 Å². The van der Waals surface area contributed by atoms with Gasteiger partial charge in [-0.25, -0.2) is 0 Å². The molecule has 0 saturated heterocycles. The molecule has 4 rings (SSSR count).